The Balaban J connectivity index is 1.42. The Labute approximate surface area is 200 Å². The molecule has 176 valence electrons. The summed E-state index contributed by atoms with van der Waals surface area (Å²) >= 11 is 0. The highest BCUT2D eigenvalue weighted by molar-refractivity contribution is 5.93. The molecule has 3 N–H and O–H groups in total. The predicted molar refractivity (Wildman–Crippen MR) is 135 cm³/mol. The van der Waals surface area contributed by atoms with Gasteiger partial charge in [0.25, 0.3) is 0 Å². The van der Waals surface area contributed by atoms with Crippen molar-refractivity contribution in [1.29, 1.82) is 0 Å². The topological polar surface area (TPSA) is 84.7 Å². The van der Waals surface area contributed by atoms with Crippen molar-refractivity contribution in [1.82, 2.24) is 4.90 Å². The summed E-state index contributed by atoms with van der Waals surface area (Å²) in [6.07, 6.45) is 0.989. The van der Waals surface area contributed by atoms with Crippen molar-refractivity contribution in [2.24, 2.45) is 5.73 Å². The summed E-state index contributed by atoms with van der Waals surface area (Å²) < 4.78 is 5.78. The van der Waals surface area contributed by atoms with Gasteiger partial charge in [0.2, 0.25) is 5.91 Å². The lowest BCUT2D eigenvalue weighted by Gasteiger charge is -2.23. The molecule has 1 aliphatic carbocycles. The third-order valence-electron chi connectivity index (χ3n) is 6.15. The molecule has 0 atom stereocenters. The molecule has 3 aromatic rings. The molecule has 0 heterocycles. The Morgan fingerprint density at radius 2 is 1.53 bits per heavy atom. The van der Waals surface area contributed by atoms with Gasteiger partial charge in [-0.25, -0.2) is 4.79 Å². The first-order chi connectivity index (χ1) is 16.6. The van der Waals surface area contributed by atoms with E-state index in [4.69, 9.17) is 10.5 Å². The number of nitrogens with one attached hydrogen (secondary N) is 1. The van der Waals surface area contributed by atoms with E-state index in [0.717, 1.165) is 23.1 Å². The minimum atomic E-state index is -0.488. The molecule has 0 aliphatic heterocycles. The number of amides is 2. The van der Waals surface area contributed by atoms with Gasteiger partial charge in [0.1, 0.15) is 13.2 Å². The Morgan fingerprint density at radius 1 is 0.912 bits per heavy atom. The van der Waals surface area contributed by atoms with Crippen LogP contribution in [0.4, 0.5) is 10.5 Å². The van der Waals surface area contributed by atoms with Crippen LogP contribution in [0.1, 0.15) is 35.4 Å². The zero-order valence-electron chi connectivity index (χ0n) is 19.5. The minimum absolute atomic E-state index is 0.0244. The first-order valence-corrected chi connectivity index (χ1v) is 11.7. The van der Waals surface area contributed by atoms with Crippen LogP contribution in [0.5, 0.6) is 0 Å². The van der Waals surface area contributed by atoms with Crippen LogP contribution in [0.2, 0.25) is 0 Å². The maximum Gasteiger partial charge on any atom is 0.410 e. The number of carbonyl (C=O) groups is 2. The second-order valence-electron chi connectivity index (χ2n) is 8.64. The second-order valence-corrected chi connectivity index (χ2v) is 8.64. The van der Waals surface area contributed by atoms with Gasteiger partial charge in [0.15, 0.2) is 0 Å². The SMILES string of the molecule is Cc1ccc(NC(=O)CN(CCCCN)C(=O)OCC2c3ccccc3-c3ccccc32)cc1. The lowest BCUT2D eigenvalue weighted by Crippen LogP contribution is -2.39. The fourth-order valence-electron chi connectivity index (χ4n) is 4.38. The molecule has 2 amide bonds. The molecule has 1 aliphatic rings. The zero-order chi connectivity index (χ0) is 23.9. The van der Waals surface area contributed by atoms with Crippen LogP contribution in [-0.4, -0.2) is 43.1 Å². The molecular weight excluding hydrogens is 426 g/mol. The number of nitrogens with zero attached hydrogens (tertiary/aromatic N) is 1. The van der Waals surface area contributed by atoms with Crippen LogP contribution >= 0.6 is 0 Å². The first-order valence-electron chi connectivity index (χ1n) is 11.7. The fourth-order valence-corrected chi connectivity index (χ4v) is 4.38. The summed E-state index contributed by atoms with van der Waals surface area (Å²) in [6, 6.07) is 24.0. The third kappa shape index (κ3) is 5.46. The standard InChI is InChI=1S/C28H31N3O3/c1-20-12-14-21(15-13-20)30-27(32)18-31(17-7-6-16-29)28(33)34-19-26-24-10-4-2-8-22(24)23-9-3-5-11-25(23)26/h2-5,8-15,26H,6-7,16-19,29H2,1H3,(H,30,32). The quantitative estimate of drug-likeness (QED) is 0.447. The summed E-state index contributed by atoms with van der Waals surface area (Å²) in [6.45, 7) is 3.08. The molecule has 6 heteroatoms. The monoisotopic (exact) mass is 457 g/mol. The summed E-state index contributed by atoms with van der Waals surface area (Å²) in [5, 5.41) is 2.86. The van der Waals surface area contributed by atoms with Crippen molar-refractivity contribution in [3.63, 3.8) is 0 Å². The van der Waals surface area contributed by atoms with Gasteiger partial charge < -0.3 is 15.8 Å². The molecule has 0 spiro atoms. The minimum Gasteiger partial charge on any atom is -0.448 e. The number of aryl methyl sites for hydroxylation is 1. The largest absolute Gasteiger partial charge is 0.448 e. The molecule has 6 nitrogen and oxygen atoms in total. The van der Waals surface area contributed by atoms with E-state index in [1.807, 2.05) is 55.5 Å². The van der Waals surface area contributed by atoms with Gasteiger partial charge >= 0.3 is 6.09 Å². The van der Waals surface area contributed by atoms with Crippen LogP contribution < -0.4 is 11.1 Å². The first kappa shape index (κ1) is 23.5. The van der Waals surface area contributed by atoms with E-state index in [1.54, 1.807) is 0 Å². The maximum absolute atomic E-state index is 13.0. The molecule has 0 unspecified atom stereocenters. The average molecular weight is 458 g/mol. The van der Waals surface area contributed by atoms with Gasteiger partial charge in [0.05, 0.1) is 0 Å². The lowest BCUT2D eigenvalue weighted by atomic mass is 9.98. The number of hydrogen-bond acceptors (Lipinski definition) is 4. The van der Waals surface area contributed by atoms with E-state index in [-0.39, 0.29) is 25.0 Å². The molecule has 0 aromatic heterocycles. The number of ether oxygens (including phenoxy) is 1. The fraction of sp³-hybridized carbons (Fsp3) is 0.286. The molecule has 0 saturated heterocycles. The number of anilines is 1. The Morgan fingerprint density at radius 3 is 2.15 bits per heavy atom. The zero-order valence-corrected chi connectivity index (χ0v) is 19.5. The van der Waals surface area contributed by atoms with Crippen molar-refractivity contribution in [2.45, 2.75) is 25.7 Å². The highest BCUT2D eigenvalue weighted by Gasteiger charge is 2.30. The predicted octanol–water partition coefficient (Wildman–Crippen LogP) is 4.92. The van der Waals surface area contributed by atoms with Gasteiger partial charge in [-0.1, -0.05) is 66.2 Å². The van der Waals surface area contributed by atoms with Crippen LogP contribution in [0, 0.1) is 6.92 Å². The molecule has 0 fully saturated rings. The third-order valence-corrected chi connectivity index (χ3v) is 6.15. The van der Waals surface area contributed by atoms with Gasteiger partial charge in [-0.05, 0) is 60.7 Å². The van der Waals surface area contributed by atoms with Crippen molar-refractivity contribution in [2.75, 3.05) is 31.6 Å². The number of hydrogen-bond donors (Lipinski definition) is 2. The maximum atomic E-state index is 13.0. The molecular formula is C28H31N3O3. The number of carbonyl (C=O) groups excluding carboxylic acids is 2. The average Bonchev–Trinajstić information content (AvgIpc) is 3.17. The normalized spacial score (nSPS) is 12.1. The smallest absolute Gasteiger partial charge is 0.410 e. The van der Waals surface area contributed by atoms with Gasteiger partial charge in [-0.2, -0.15) is 0 Å². The molecule has 0 saturated carbocycles. The number of rotatable bonds is 9. The Bertz CT molecular complexity index is 1100. The van der Waals surface area contributed by atoms with E-state index in [1.165, 1.54) is 16.0 Å². The molecule has 4 rings (SSSR count). The van der Waals surface area contributed by atoms with E-state index in [0.29, 0.717) is 25.2 Å². The van der Waals surface area contributed by atoms with E-state index >= 15 is 0 Å². The Hall–Kier alpha value is -3.64. The number of fused-ring (bicyclic) bond motifs is 3. The van der Waals surface area contributed by atoms with Crippen LogP contribution in [0.25, 0.3) is 11.1 Å². The highest BCUT2D eigenvalue weighted by Crippen LogP contribution is 2.44. The number of benzene rings is 3. The number of nitrogens with two attached hydrogens (primary N) is 1. The van der Waals surface area contributed by atoms with Crippen molar-refractivity contribution < 1.29 is 14.3 Å². The molecule has 34 heavy (non-hydrogen) atoms. The second kappa shape index (κ2) is 11.0. The van der Waals surface area contributed by atoms with Crippen molar-refractivity contribution in [3.8, 4) is 11.1 Å². The van der Waals surface area contributed by atoms with E-state index < -0.39 is 6.09 Å². The van der Waals surface area contributed by atoms with Crippen molar-refractivity contribution in [3.05, 3.63) is 89.5 Å². The highest BCUT2D eigenvalue weighted by atomic mass is 16.6. The van der Waals surface area contributed by atoms with Crippen molar-refractivity contribution >= 4 is 17.7 Å². The van der Waals surface area contributed by atoms with Crippen LogP contribution in [0.3, 0.4) is 0 Å². The molecule has 0 bridgehead atoms. The molecule has 3 aromatic carbocycles. The lowest BCUT2D eigenvalue weighted by molar-refractivity contribution is -0.117. The summed E-state index contributed by atoms with van der Waals surface area (Å²) in [5.41, 5.74) is 12.1. The van der Waals surface area contributed by atoms with Gasteiger partial charge in [-0.3, -0.25) is 9.69 Å². The van der Waals surface area contributed by atoms with Gasteiger partial charge in [0, 0.05) is 18.2 Å². The van der Waals surface area contributed by atoms with Crippen LogP contribution in [0.15, 0.2) is 72.8 Å². The molecule has 0 radical (unpaired) electrons. The van der Waals surface area contributed by atoms with E-state index in [9.17, 15) is 9.59 Å². The van der Waals surface area contributed by atoms with Crippen LogP contribution in [-0.2, 0) is 9.53 Å². The van der Waals surface area contributed by atoms with Gasteiger partial charge in [-0.15, -0.1) is 0 Å². The summed E-state index contributed by atoms with van der Waals surface area (Å²) in [5.74, 6) is -0.284. The number of unbranched alkanes of at least 4 members (excludes halogenated alkanes) is 1. The van der Waals surface area contributed by atoms with E-state index in [2.05, 4.69) is 29.6 Å². The Kier molecular flexibility index (Phi) is 7.60. The summed E-state index contributed by atoms with van der Waals surface area (Å²) in [7, 11) is 0. The summed E-state index contributed by atoms with van der Waals surface area (Å²) in [4.78, 5) is 27.2.